The SMILES string of the molecule is CN(Cc1csc(Br)c1)C(=O)Cc1ccc(N)cn1. The van der Waals surface area contributed by atoms with E-state index in [2.05, 4.69) is 20.9 Å². The van der Waals surface area contributed by atoms with Gasteiger partial charge in [0.2, 0.25) is 5.91 Å². The second kappa shape index (κ2) is 6.16. The molecule has 0 aliphatic carbocycles. The fraction of sp³-hybridized carbons (Fsp3) is 0.231. The van der Waals surface area contributed by atoms with Gasteiger partial charge in [0.25, 0.3) is 0 Å². The third kappa shape index (κ3) is 4.04. The highest BCUT2D eigenvalue weighted by molar-refractivity contribution is 9.11. The monoisotopic (exact) mass is 339 g/mol. The minimum Gasteiger partial charge on any atom is -0.397 e. The summed E-state index contributed by atoms with van der Waals surface area (Å²) >= 11 is 5.03. The minimum atomic E-state index is 0.0413. The number of likely N-dealkylation sites (N-methyl/N-ethyl adjacent to an activating group) is 1. The number of pyridine rings is 1. The number of carbonyl (C=O) groups is 1. The normalized spacial score (nSPS) is 10.4. The quantitative estimate of drug-likeness (QED) is 0.931. The molecule has 6 heteroatoms. The Morgan fingerprint density at radius 2 is 2.32 bits per heavy atom. The number of anilines is 1. The van der Waals surface area contributed by atoms with Gasteiger partial charge in [-0.2, -0.15) is 0 Å². The van der Waals surface area contributed by atoms with Gasteiger partial charge in [-0.3, -0.25) is 9.78 Å². The molecule has 0 aliphatic heterocycles. The van der Waals surface area contributed by atoms with E-state index in [-0.39, 0.29) is 5.91 Å². The van der Waals surface area contributed by atoms with Crippen LogP contribution in [0.3, 0.4) is 0 Å². The van der Waals surface area contributed by atoms with Crippen LogP contribution in [0.2, 0.25) is 0 Å². The Hall–Kier alpha value is -1.40. The van der Waals surface area contributed by atoms with Crippen molar-refractivity contribution >= 4 is 38.9 Å². The Bertz CT molecular complexity index is 568. The zero-order chi connectivity index (χ0) is 13.8. The van der Waals surface area contributed by atoms with E-state index in [1.54, 1.807) is 41.6 Å². The number of nitrogens with two attached hydrogens (primary N) is 1. The lowest BCUT2D eigenvalue weighted by Crippen LogP contribution is -2.27. The fourth-order valence-corrected chi connectivity index (χ4v) is 2.82. The summed E-state index contributed by atoms with van der Waals surface area (Å²) in [6.07, 6.45) is 1.86. The highest BCUT2D eigenvalue weighted by Crippen LogP contribution is 2.21. The summed E-state index contributed by atoms with van der Waals surface area (Å²) < 4.78 is 1.07. The summed E-state index contributed by atoms with van der Waals surface area (Å²) in [5.41, 5.74) is 8.02. The average Bonchev–Trinajstić information content (AvgIpc) is 2.77. The van der Waals surface area contributed by atoms with Gasteiger partial charge in [-0.25, -0.2) is 0 Å². The lowest BCUT2D eigenvalue weighted by Gasteiger charge is -2.16. The van der Waals surface area contributed by atoms with Crippen LogP contribution in [-0.2, 0) is 17.8 Å². The lowest BCUT2D eigenvalue weighted by molar-refractivity contribution is -0.129. The molecule has 19 heavy (non-hydrogen) atoms. The molecule has 2 N–H and O–H groups in total. The summed E-state index contributed by atoms with van der Waals surface area (Å²) in [7, 11) is 1.80. The molecular weight excluding hydrogens is 326 g/mol. The average molecular weight is 340 g/mol. The second-order valence-electron chi connectivity index (χ2n) is 4.27. The molecular formula is C13H14BrN3OS. The molecule has 2 heterocycles. The molecule has 0 radical (unpaired) electrons. The molecule has 0 aromatic carbocycles. The molecule has 1 amide bonds. The zero-order valence-electron chi connectivity index (χ0n) is 10.5. The van der Waals surface area contributed by atoms with Gasteiger partial charge in [-0.05, 0) is 45.1 Å². The van der Waals surface area contributed by atoms with E-state index in [0.717, 1.165) is 15.0 Å². The predicted molar refractivity (Wildman–Crippen MR) is 80.8 cm³/mol. The highest BCUT2D eigenvalue weighted by atomic mass is 79.9. The van der Waals surface area contributed by atoms with Crippen LogP contribution in [0, 0.1) is 0 Å². The van der Waals surface area contributed by atoms with Crippen molar-refractivity contribution in [2.75, 3.05) is 12.8 Å². The topological polar surface area (TPSA) is 59.2 Å². The molecule has 0 saturated heterocycles. The van der Waals surface area contributed by atoms with E-state index < -0.39 is 0 Å². The summed E-state index contributed by atoms with van der Waals surface area (Å²) in [6.45, 7) is 0.607. The van der Waals surface area contributed by atoms with Gasteiger partial charge in [0.1, 0.15) is 0 Å². The van der Waals surface area contributed by atoms with Crippen molar-refractivity contribution < 1.29 is 4.79 Å². The number of hydrogen-bond acceptors (Lipinski definition) is 4. The Labute approximate surface area is 124 Å². The van der Waals surface area contributed by atoms with Crippen molar-refractivity contribution in [3.8, 4) is 0 Å². The molecule has 0 aliphatic rings. The van der Waals surface area contributed by atoms with Gasteiger partial charge in [-0.1, -0.05) is 0 Å². The number of rotatable bonds is 4. The zero-order valence-corrected chi connectivity index (χ0v) is 12.9. The number of aromatic nitrogens is 1. The smallest absolute Gasteiger partial charge is 0.228 e. The van der Waals surface area contributed by atoms with E-state index in [4.69, 9.17) is 5.73 Å². The number of nitrogen functional groups attached to an aromatic ring is 1. The number of thiophene rings is 1. The van der Waals surface area contributed by atoms with Crippen LogP contribution < -0.4 is 5.73 Å². The van der Waals surface area contributed by atoms with Crippen molar-refractivity contribution in [1.82, 2.24) is 9.88 Å². The first-order chi connectivity index (χ1) is 9.04. The van der Waals surface area contributed by atoms with Crippen molar-refractivity contribution in [3.05, 3.63) is 44.8 Å². The molecule has 0 atom stereocenters. The van der Waals surface area contributed by atoms with Gasteiger partial charge in [0, 0.05) is 19.3 Å². The maximum absolute atomic E-state index is 12.1. The molecule has 2 rings (SSSR count). The Kier molecular flexibility index (Phi) is 4.55. The summed E-state index contributed by atoms with van der Waals surface area (Å²) in [6, 6.07) is 5.56. The molecule has 100 valence electrons. The van der Waals surface area contributed by atoms with Gasteiger partial charge in [0.05, 0.1) is 22.1 Å². The van der Waals surface area contributed by atoms with E-state index in [9.17, 15) is 4.79 Å². The Balaban J connectivity index is 1.94. The van der Waals surface area contributed by atoms with Gasteiger partial charge < -0.3 is 10.6 Å². The molecule has 0 saturated carbocycles. The van der Waals surface area contributed by atoms with Crippen LogP contribution in [0.4, 0.5) is 5.69 Å². The molecule has 2 aromatic rings. The first-order valence-electron chi connectivity index (χ1n) is 5.72. The van der Waals surface area contributed by atoms with Crippen LogP contribution in [0.25, 0.3) is 0 Å². The first kappa shape index (κ1) is 14.0. The standard InChI is InChI=1S/C13H14BrN3OS/c1-17(7-9-4-12(14)19-8-9)13(18)5-11-3-2-10(15)6-16-11/h2-4,6,8H,5,7,15H2,1H3. The number of hydrogen-bond donors (Lipinski definition) is 1. The van der Waals surface area contributed by atoms with Crippen LogP contribution >= 0.6 is 27.3 Å². The maximum atomic E-state index is 12.1. The number of halogens is 1. The molecule has 2 aromatic heterocycles. The van der Waals surface area contributed by atoms with E-state index in [1.165, 1.54) is 0 Å². The molecule has 0 fully saturated rings. The summed E-state index contributed by atoms with van der Waals surface area (Å²) in [5.74, 6) is 0.0413. The molecule has 0 spiro atoms. The molecule has 0 unspecified atom stereocenters. The lowest BCUT2D eigenvalue weighted by atomic mass is 10.2. The third-order valence-corrected chi connectivity index (χ3v) is 4.20. The maximum Gasteiger partial charge on any atom is 0.228 e. The molecule has 4 nitrogen and oxygen atoms in total. The Morgan fingerprint density at radius 3 is 2.89 bits per heavy atom. The minimum absolute atomic E-state index is 0.0413. The summed E-state index contributed by atoms with van der Waals surface area (Å²) in [4.78, 5) is 17.9. The van der Waals surface area contributed by atoms with Crippen LogP contribution in [-0.4, -0.2) is 22.8 Å². The van der Waals surface area contributed by atoms with Crippen LogP contribution in [0.5, 0.6) is 0 Å². The Morgan fingerprint density at radius 1 is 1.53 bits per heavy atom. The van der Waals surface area contributed by atoms with Crippen molar-refractivity contribution in [1.29, 1.82) is 0 Å². The van der Waals surface area contributed by atoms with Crippen molar-refractivity contribution in [3.63, 3.8) is 0 Å². The van der Waals surface area contributed by atoms with Gasteiger partial charge in [-0.15, -0.1) is 11.3 Å². The van der Waals surface area contributed by atoms with Gasteiger partial charge >= 0.3 is 0 Å². The number of carbonyl (C=O) groups excluding carboxylic acids is 1. The van der Waals surface area contributed by atoms with E-state index in [0.29, 0.717) is 18.7 Å². The largest absolute Gasteiger partial charge is 0.397 e. The highest BCUT2D eigenvalue weighted by Gasteiger charge is 2.11. The second-order valence-corrected chi connectivity index (χ2v) is 6.56. The van der Waals surface area contributed by atoms with Crippen LogP contribution in [0.15, 0.2) is 33.6 Å². The van der Waals surface area contributed by atoms with Gasteiger partial charge in [0.15, 0.2) is 0 Å². The number of amides is 1. The fourth-order valence-electron chi connectivity index (χ4n) is 1.62. The summed E-state index contributed by atoms with van der Waals surface area (Å²) in [5, 5.41) is 2.04. The first-order valence-corrected chi connectivity index (χ1v) is 7.39. The van der Waals surface area contributed by atoms with Crippen LogP contribution in [0.1, 0.15) is 11.3 Å². The number of nitrogens with zero attached hydrogens (tertiary/aromatic N) is 2. The third-order valence-electron chi connectivity index (χ3n) is 2.65. The van der Waals surface area contributed by atoms with E-state index in [1.807, 2.05) is 11.4 Å². The van der Waals surface area contributed by atoms with E-state index >= 15 is 0 Å². The molecule has 0 bridgehead atoms. The van der Waals surface area contributed by atoms with Crippen molar-refractivity contribution in [2.45, 2.75) is 13.0 Å². The predicted octanol–water partition coefficient (Wildman–Crippen LogP) is 2.69. The van der Waals surface area contributed by atoms with Crippen molar-refractivity contribution in [2.24, 2.45) is 0 Å².